The van der Waals surface area contributed by atoms with Crippen molar-refractivity contribution in [2.75, 3.05) is 45.9 Å². The number of benzene rings is 2. The maximum Gasteiger partial charge on any atom is 0.302 e. The lowest BCUT2D eigenvalue weighted by atomic mass is 9.96. The largest absolute Gasteiger partial charge is 0.465 e. The van der Waals surface area contributed by atoms with E-state index in [1.54, 1.807) is 0 Å². The monoisotopic (exact) mass is 514 g/mol. The summed E-state index contributed by atoms with van der Waals surface area (Å²) in [5, 5.41) is 0.782. The zero-order valence-corrected chi connectivity index (χ0v) is 21.3. The highest BCUT2D eigenvalue weighted by molar-refractivity contribution is 7.99. The highest BCUT2D eigenvalue weighted by atomic mass is 35.5. The molecule has 0 aromatic heterocycles. The molecule has 0 N–H and O–H groups in total. The normalized spacial score (nSPS) is 17.0. The standard InChI is InChI=1S/C24H27ClN2O2S.2ClH/c1-18(28)29-16-15-27-13-11-26(12-14-27)10-4-6-20-21-5-2-3-7-23(21)30-24-9-8-19(25)17-22(20)24;;/h2-3,5-9,17H,4,10-16H2,1H3;2*1H/b20-6-;;. The van der Waals surface area contributed by atoms with Crippen molar-refractivity contribution in [1.82, 2.24) is 9.80 Å². The molecule has 2 heterocycles. The molecule has 1 saturated heterocycles. The van der Waals surface area contributed by atoms with Crippen LogP contribution in [0.3, 0.4) is 0 Å². The van der Waals surface area contributed by atoms with Crippen LogP contribution in [-0.4, -0.2) is 61.6 Å². The topological polar surface area (TPSA) is 32.8 Å². The van der Waals surface area contributed by atoms with Crippen LogP contribution in [0.5, 0.6) is 0 Å². The van der Waals surface area contributed by atoms with Crippen LogP contribution in [0.4, 0.5) is 0 Å². The molecular weight excluding hydrogens is 487 g/mol. The van der Waals surface area contributed by atoms with Crippen molar-refractivity contribution in [3.63, 3.8) is 0 Å². The van der Waals surface area contributed by atoms with E-state index >= 15 is 0 Å². The molecule has 1 fully saturated rings. The summed E-state index contributed by atoms with van der Waals surface area (Å²) in [6, 6.07) is 14.8. The summed E-state index contributed by atoms with van der Waals surface area (Å²) in [6.45, 7) is 7.97. The van der Waals surface area contributed by atoms with Gasteiger partial charge >= 0.3 is 5.97 Å². The Balaban J connectivity index is 0.00000181. The van der Waals surface area contributed by atoms with Crippen LogP contribution < -0.4 is 0 Å². The average molecular weight is 516 g/mol. The van der Waals surface area contributed by atoms with Gasteiger partial charge in [0, 0.05) is 61.0 Å². The highest BCUT2D eigenvalue weighted by Gasteiger charge is 2.21. The van der Waals surface area contributed by atoms with Gasteiger partial charge in [-0.1, -0.05) is 47.6 Å². The molecule has 4 rings (SSSR count). The highest BCUT2D eigenvalue weighted by Crippen LogP contribution is 2.46. The molecule has 0 aliphatic carbocycles. The summed E-state index contributed by atoms with van der Waals surface area (Å²) >= 11 is 8.13. The summed E-state index contributed by atoms with van der Waals surface area (Å²) in [4.78, 5) is 18.4. The average Bonchev–Trinajstić information content (AvgIpc) is 2.74. The third-order valence-corrected chi connectivity index (χ3v) is 6.99. The third kappa shape index (κ3) is 6.89. The molecule has 0 radical (unpaired) electrons. The Hall–Kier alpha value is -1.21. The van der Waals surface area contributed by atoms with Crippen molar-refractivity contribution >= 4 is 59.7 Å². The Kier molecular flexibility index (Phi) is 10.9. The molecule has 174 valence electrons. The van der Waals surface area contributed by atoms with Gasteiger partial charge in [-0.05, 0) is 47.4 Å². The van der Waals surface area contributed by atoms with E-state index in [-0.39, 0.29) is 30.8 Å². The van der Waals surface area contributed by atoms with E-state index in [0.717, 1.165) is 50.7 Å². The van der Waals surface area contributed by atoms with E-state index < -0.39 is 0 Å². The molecule has 0 amide bonds. The van der Waals surface area contributed by atoms with Gasteiger partial charge in [0.05, 0.1) is 0 Å². The second kappa shape index (κ2) is 12.9. The van der Waals surface area contributed by atoms with E-state index in [9.17, 15) is 4.79 Å². The number of hydrogen-bond acceptors (Lipinski definition) is 5. The zero-order valence-electron chi connectivity index (χ0n) is 18.1. The first-order valence-corrected chi connectivity index (χ1v) is 11.6. The molecule has 2 aromatic carbocycles. The van der Waals surface area contributed by atoms with Gasteiger partial charge in [-0.15, -0.1) is 24.8 Å². The zero-order chi connectivity index (χ0) is 20.9. The molecular formula is C24H29Cl3N2O2S. The minimum atomic E-state index is -0.202. The number of nitrogens with zero attached hydrogens (tertiary/aromatic N) is 2. The van der Waals surface area contributed by atoms with Gasteiger partial charge in [0.25, 0.3) is 0 Å². The molecule has 4 nitrogen and oxygen atoms in total. The maximum absolute atomic E-state index is 10.9. The number of piperazine rings is 1. The van der Waals surface area contributed by atoms with Crippen molar-refractivity contribution in [2.45, 2.75) is 23.1 Å². The predicted octanol–water partition coefficient (Wildman–Crippen LogP) is 5.65. The number of hydrogen-bond donors (Lipinski definition) is 0. The van der Waals surface area contributed by atoms with Gasteiger partial charge in [0.15, 0.2) is 0 Å². The van der Waals surface area contributed by atoms with Crippen LogP contribution >= 0.6 is 48.2 Å². The number of halogens is 3. The van der Waals surface area contributed by atoms with Crippen LogP contribution in [0.25, 0.3) is 5.57 Å². The number of ether oxygens (including phenoxy) is 1. The molecule has 2 aliphatic rings. The maximum atomic E-state index is 10.9. The SMILES string of the molecule is CC(=O)OCCN1CCN(CC/C=C2/c3ccccc3Sc3ccc(Cl)cc32)CC1.Cl.Cl. The van der Waals surface area contributed by atoms with Crippen molar-refractivity contribution in [1.29, 1.82) is 0 Å². The van der Waals surface area contributed by atoms with Gasteiger partial charge in [0.2, 0.25) is 0 Å². The van der Waals surface area contributed by atoms with Crippen molar-refractivity contribution in [2.24, 2.45) is 0 Å². The van der Waals surface area contributed by atoms with Gasteiger partial charge in [-0.3, -0.25) is 9.69 Å². The number of carbonyl (C=O) groups excluding carboxylic acids is 1. The molecule has 2 aliphatic heterocycles. The fourth-order valence-electron chi connectivity index (χ4n) is 4.01. The number of rotatable bonds is 6. The van der Waals surface area contributed by atoms with Crippen LogP contribution in [0, 0.1) is 0 Å². The van der Waals surface area contributed by atoms with Crippen LogP contribution in [0.2, 0.25) is 5.02 Å². The Morgan fingerprint density at radius 1 is 1.00 bits per heavy atom. The number of carbonyl (C=O) groups is 1. The number of esters is 1. The van der Waals surface area contributed by atoms with Gasteiger partial charge in [-0.2, -0.15) is 0 Å². The molecule has 0 bridgehead atoms. The summed E-state index contributed by atoms with van der Waals surface area (Å²) < 4.78 is 5.06. The Labute approximate surface area is 212 Å². The van der Waals surface area contributed by atoms with Crippen molar-refractivity contribution in [3.05, 3.63) is 64.7 Å². The Morgan fingerprint density at radius 2 is 1.66 bits per heavy atom. The molecule has 0 atom stereocenters. The second-order valence-electron chi connectivity index (χ2n) is 7.67. The smallest absolute Gasteiger partial charge is 0.302 e. The van der Waals surface area contributed by atoms with E-state index in [2.05, 4.69) is 52.3 Å². The summed E-state index contributed by atoms with van der Waals surface area (Å²) in [5.74, 6) is -0.202. The Morgan fingerprint density at radius 3 is 2.38 bits per heavy atom. The van der Waals surface area contributed by atoms with Gasteiger partial charge < -0.3 is 9.64 Å². The van der Waals surface area contributed by atoms with Gasteiger partial charge in [-0.25, -0.2) is 0 Å². The summed E-state index contributed by atoms with van der Waals surface area (Å²) in [5.41, 5.74) is 3.83. The number of fused-ring (bicyclic) bond motifs is 2. The minimum Gasteiger partial charge on any atom is -0.465 e. The lowest BCUT2D eigenvalue weighted by molar-refractivity contribution is -0.141. The third-order valence-electron chi connectivity index (χ3n) is 5.60. The molecule has 0 saturated carbocycles. The van der Waals surface area contributed by atoms with E-state index in [1.807, 2.05) is 17.8 Å². The molecule has 0 spiro atoms. The first kappa shape index (κ1) is 27.0. The molecule has 32 heavy (non-hydrogen) atoms. The minimum absolute atomic E-state index is 0. The van der Waals surface area contributed by atoms with Crippen molar-refractivity contribution in [3.8, 4) is 0 Å². The molecule has 8 heteroatoms. The lowest BCUT2D eigenvalue weighted by Gasteiger charge is -2.34. The predicted molar refractivity (Wildman–Crippen MR) is 138 cm³/mol. The second-order valence-corrected chi connectivity index (χ2v) is 9.19. The molecule has 0 unspecified atom stereocenters. The fraction of sp³-hybridized carbons (Fsp3) is 0.375. The Bertz CT molecular complexity index is 947. The van der Waals surface area contributed by atoms with Crippen molar-refractivity contribution < 1.29 is 9.53 Å². The first-order chi connectivity index (χ1) is 14.6. The fourth-order valence-corrected chi connectivity index (χ4v) is 5.27. The first-order valence-electron chi connectivity index (χ1n) is 10.5. The quantitative estimate of drug-likeness (QED) is 0.396. The molecule has 2 aromatic rings. The van der Waals surface area contributed by atoms with Crippen LogP contribution in [-0.2, 0) is 9.53 Å². The van der Waals surface area contributed by atoms with Gasteiger partial charge in [0.1, 0.15) is 6.61 Å². The summed E-state index contributed by atoms with van der Waals surface area (Å²) in [7, 11) is 0. The van der Waals surface area contributed by atoms with E-state index in [1.165, 1.54) is 33.4 Å². The van der Waals surface area contributed by atoms with Crippen LogP contribution in [0.1, 0.15) is 24.5 Å². The van der Waals surface area contributed by atoms with E-state index in [4.69, 9.17) is 16.3 Å². The lowest BCUT2D eigenvalue weighted by Crippen LogP contribution is -2.47. The summed E-state index contributed by atoms with van der Waals surface area (Å²) in [6.07, 6.45) is 3.38. The van der Waals surface area contributed by atoms with E-state index in [0.29, 0.717) is 6.61 Å². The van der Waals surface area contributed by atoms with Crippen LogP contribution in [0.15, 0.2) is 58.3 Å².